The highest BCUT2D eigenvalue weighted by molar-refractivity contribution is 8.15. The van der Waals surface area contributed by atoms with E-state index in [4.69, 9.17) is 4.99 Å². The number of carbonyl (C=O) groups is 1. The van der Waals surface area contributed by atoms with Crippen LogP contribution < -0.4 is 10.6 Å². The zero-order valence-corrected chi connectivity index (χ0v) is 15.1. The van der Waals surface area contributed by atoms with E-state index in [1.807, 2.05) is 18.2 Å². The molecule has 0 saturated heterocycles. The number of para-hydroxylation sites is 2. The highest BCUT2D eigenvalue weighted by Crippen LogP contribution is 2.40. The second kappa shape index (κ2) is 7.11. The first kappa shape index (κ1) is 17.1. The van der Waals surface area contributed by atoms with Crippen molar-refractivity contribution in [2.24, 2.45) is 4.99 Å². The predicted molar refractivity (Wildman–Crippen MR) is 105 cm³/mol. The molecule has 2 N–H and O–H groups in total. The number of anilines is 2. The van der Waals surface area contributed by atoms with E-state index in [2.05, 4.69) is 16.7 Å². The van der Waals surface area contributed by atoms with Crippen molar-refractivity contribution in [2.75, 3.05) is 16.4 Å². The number of benzene rings is 2. The molecule has 1 heterocycles. The molecule has 0 bridgehead atoms. The second-order valence-corrected chi connectivity index (χ2v) is 7.61. The van der Waals surface area contributed by atoms with E-state index < -0.39 is 5.82 Å². The fraction of sp³-hybridized carbons (Fsp3) is 0.300. The zero-order valence-electron chi connectivity index (χ0n) is 14.3. The van der Waals surface area contributed by atoms with Gasteiger partial charge >= 0.3 is 0 Å². The average molecular weight is 369 g/mol. The van der Waals surface area contributed by atoms with Crippen molar-refractivity contribution in [3.8, 4) is 0 Å². The number of nitrogens with zero attached hydrogens (tertiary/aromatic N) is 1. The van der Waals surface area contributed by atoms with Gasteiger partial charge in [0.05, 0.1) is 11.4 Å². The van der Waals surface area contributed by atoms with Crippen molar-refractivity contribution < 1.29 is 9.18 Å². The monoisotopic (exact) mass is 369 g/mol. The van der Waals surface area contributed by atoms with Crippen LogP contribution in [0.4, 0.5) is 15.8 Å². The molecule has 6 heteroatoms. The van der Waals surface area contributed by atoms with E-state index in [9.17, 15) is 9.18 Å². The molecule has 0 unspecified atom stereocenters. The maximum absolute atomic E-state index is 13.7. The Bertz CT molecular complexity index is 862. The van der Waals surface area contributed by atoms with Crippen LogP contribution in [-0.4, -0.2) is 22.4 Å². The fourth-order valence-corrected chi connectivity index (χ4v) is 4.41. The number of aliphatic imine (C=N–C) groups is 1. The van der Waals surface area contributed by atoms with E-state index in [0.29, 0.717) is 0 Å². The molecule has 1 amide bonds. The summed E-state index contributed by atoms with van der Waals surface area (Å²) in [6.07, 6.45) is 4.33. The Morgan fingerprint density at radius 3 is 2.69 bits per heavy atom. The quantitative estimate of drug-likeness (QED) is 0.829. The van der Waals surface area contributed by atoms with E-state index >= 15 is 0 Å². The minimum absolute atomic E-state index is 0.192. The van der Waals surface area contributed by atoms with E-state index in [0.717, 1.165) is 42.0 Å². The average Bonchev–Trinajstić information content (AvgIpc) is 3.09. The highest BCUT2D eigenvalue weighted by Gasteiger charge is 2.37. The van der Waals surface area contributed by atoms with Crippen LogP contribution in [0.3, 0.4) is 0 Å². The van der Waals surface area contributed by atoms with Gasteiger partial charge in [0.25, 0.3) is 0 Å². The number of carbonyl (C=O) groups excluding carboxylic acids is 1. The zero-order chi connectivity index (χ0) is 18.0. The summed E-state index contributed by atoms with van der Waals surface area (Å²) >= 11 is 1.41. The molecule has 0 radical (unpaired) electrons. The minimum atomic E-state index is -0.430. The van der Waals surface area contributed by atoms with Crippen LogP contribution >= 0.6 is 11.8 Å². The van der Waals surface area contributed by atoms with Gasteiger partial charge in [-0.05, 0) is 43.9 Å². The standard InChI is InChI=1S/C20H20FN3OS/c21-15-8-2-4-10-17(15)22-18(25)13-26-19-14-7-1-3-9-16(14)23-20(24-19)11-5-6-12-20/h1-4,7-10,23H,5-6,11-13H2,(H,22,25). The molecule has 1 aliphatic heterocycles. The molecule has 0 atom stereocenters. The molecular weight excluding hydrogens is 349 g/mol. The number of thioether (sulfide) groups is 1. The lowest BCUT2D eigenvalue weighted by Crippen LogP contribution is -2.37. The lowest BCUT2D eigenvalue weighted by Gasteiger charge is -2.33. The summed E-state index contributed by atoms with van der Waals surface area (Å²) in [6.45, 7) is 0. The first-order valence-electron chi connectivity index (χ1n) is 8.80. The summed E-state index contributed by atoms with van der Waals surface area (Å²) in [5, 5.41) is 7.10. The maximum Gasteiger partial charge on any atom is 0.234 e. The predicted octanol–water partition coefficient (Wildman–Crippen LogP) is 4.64. The smallest absolute Gasteiger partial charge is 0.234 e. The molecule has 1 spiro atoms. The van der Waals surface area contributed by atoms with Gasteiger partial charge in [-0.3, -0.25) is 4.79 Å². The first-order valence-corrected chi connectivity index (χ1v) is 9.78. The Kier molecular flexibility index (Phi) is 4.68. The largest absolute Gasteiger partial charge is 0.361 e. The van der Waals surface area contributed by atoms with Gasteiger partial charge in [-0.25, -0.2) is 9.38 Å². The SMILES string of the molecule is O=C(CSC1=NC2(CCCC2)Nc2ccccc21)Nc1ccccc1F. The summed E-state index contributed by atoms with van der Waals surface area (Å²) in [4.78, 5) is 17.2. The minimum Gasteiger partial charge on any atom is -0.361 e. The van der Waals surface area contributed by atoms with Crippen LogP contribution in [0, 0.1) is 5.82 Å². The lowest BCUT2D eigenvalue weighted by atomic mass is 10.0. The molecule has 1 aliphatic carbocycles. The van der Waals surface area contributed by atoms with E-state index in [-0.39, 0.29) is 23.0 Å². The molecule has 2 aromatic rings. The van der Waals surface area contributed by atoms with E-state index in [1.54, 1.807) is 18.2 Å². The lowest BCUT2D eigenvalue weighted by molar-refractivity contribution is -0.113. The highest BCUT2D eigenvalue weighted by atomic mass is 32.2. The van der Waals surface area contributed by atoms with Gasteiger partial charge in [-0.15, -0.1) is 0 Å². The number of nitrogens with one attached hydrogen (secondary N) is 2. The molecule has 2 aliphatic rings. The third-order valence-electron chi connectivity index (χ3n) is 4.76. The molecule has 1 fully saturated rings. The van der Waals surface area contributed by atoms with Crippen molar-refractivity contribution in [3.63, 3.8) is 0 Å². The Hall–Kier alpha value is -2.34. The second-order valence-electron chi connectivity index (χ2n) is 6.64. The molecular formula is C20H20FN3OS. The topological polar surface area (TPSA) is 53.5 Å². The Labute approximate surface area is 156 Å². The van der Waals surface area contributed by atoms with Gasteiger partial charge in [-0.2, -0.15) is 0 Å². The molecule has 2 aromatic carbocycles. The van der Waals surface area contributed by atoms with Crippen LogP contribution in [0.5, 0.6) is 0 Å². The van der Waals surface area contributed by atoms with Gasteiger partial charge in [0.15, 0.2) is 0 Å². The summed E-state index contributed by atoms with van der Waals surface area (Å²) in [5.41, 5.74) is 2.06. The number of halogens is 1. The van der Waals surface area contributed by atoms with Crippen LogP contribution in [0.15, 0.2) is 53.5 Å². The van der Waals surface area contributed by atoms with Crippen LogP contribution in [-0.2, 0) is 4.79 Å². The first-order chi connectivity index (χ1) is 12.7. The number of hydrogen-bond acceptors (Lipinski definition) is 4. The van der Waals surface area contributed by atoms with Gasteiger partial charge in [0.2, 0.25) is 5.91 Å². The molecule has 0 aromatic heterocycles. The van der Waals surface area contributed by atoms with Gasteiger partial charge in [-0.1, -0.05) is 42.1 Å². The summed E-state index contributed by atoms with van der Waals surface area (Å²) < 4.78 is 13.7. The molecule has 26 heavy (non-hydrogen) atoms. The van der Waals surface area contributed by atoms with Crippen molar-refractivity contribution in [1.82, 2.24) is 0 Å². The van der Waals surface area contributed by atoms with E-state index in [1.165, 1.54) is 17.8 Å². The summed E-state index contributed by atoms with van der Waals surface area (Å²) in [6, 6.07) is 14.2. The van der Waals surface area contributed by atoms with Gasteiger partial charge < -0.3 is 10.6 Å². The number of hydrogen-bond donors (Lipinski definition) is 2. The number of rotatable bonds is 3. The van der Waals surface area contributed by atoms with Crippen LogP contribution in [0.2, 0.25) is 0 Å². The third kappa shape index (κ3) is 3.46. The normalized spacial score (nSPS) is 17.3. The van der Waals surface area contributed by atoms with Crippen molar-refractivity contribution in [1.29, 1.82) is 0 Å². The summed E-state index contributed by atoms with van der Waals surface area (Å²) in [7, 11) is 0. The van der Waals surface area contributed by atoms with Crippen molar-refractivity contribution in [2.45, 2.75) is 31.3 Å². The fourth-order valence-electron chi connectivity index (χ4n) is 3.50. The van der Waals surface area contributed by atoms with Gasteiger partial charge in [0, 0.05) is 11.3 Å². The number of fused-ring (bicyclic) bond motifs is 1. The molecule has 1 saturated carbocycles. The van der Waals surface area contributed by atoms with Crippen molar-refractivity contribution in [3.05, 3.63) is 59.9 Å². The van der Waals surface area contributed by atoms with Crippen LogP contribution in [0.25, 0.3) is 0 Å². The van der Waals surface area contributed by atoms with Gasteiger partial charge in [0.1, 0.15) is 16.5 Å². The summed E-state index contributed by atoms with van der Waals surface area (Å²) in [5.74, 6) is -0.475. The molecule has 134 valence electrons. The molecule has 4 rings (SSSR count). The third-order valence-corrected chi connectivity index (χ3v) is 5.75. The van der Waals surface area contributed by atoms with Crippen molar-refractivity contribution >= 4 is 34.1 Å². The maximum atomic E-state index is 13.7. The molecule has 4 nitrogen and oxygen atoms in total. The Morgan fingerprint density at radius 2 is 1.88 bits per heavy atom. The van der Waals surface area contributed by atoms with Crippen LogP contribution in [0.1, 0.15) is 31.2 Å². The number of amides is 1. The Balaban J connectivity index is 1.50. The Morgan fingerprint density at radius 1 is 1.15 bits per heavy atom.